The van der Waals surface area contributed by atoms with Gasteiger partial charge in [0, 0.05) is 34.0 Å². The standard InChI is InChI=1S/C34H30ClN5O3S/c1-21-18-27(22(2)39(21)29-19-23(35)11-16-30(29)41)33-32(28-10-6-7-17-36-28)38-34(44)40(33)25-14-12-24(13-15-25)37-31(42)20-43-26-8-4-3-5-9-26/h3-19,32-33,41H,20H2,1-2H3,(H,37,42)(H,38,44)/t32-,33+/m0/s1. The van der Waals surface area contributed by atoms with Gasteiger partial charge in [-0.25, -0.2) is 0 Å². The number of aromatic nitrogens is 2. The number of aromatic hydroxyl groups is 1. The van der Waals surface area contributed by atoms with E-state index in [1.165, 1.54) is 0 Å². The molecule has 2 atom stereocenters. The maximum absolute atomic E-state index is 12.5. The van der Waals surface area contributed by atoms with Gasteiger partial charge in [0.25, 0.3) is 5.91 Å². The average molecular weight is 624 g/mol. The lowest BCUT2D eigenvalue weighted by atomic mass is 9.96. The number of phenols is 1. The molecule has 5 aromatic rings. The highest BCUT2D eigenvalue weighted by molar-refractivity contribution is 7.80. The zero-order valence-corrected chi connectivity index (χ0v) is 25.6. The van der Waals surface area contributed by atoms with Gasteiger partial charge in [-0.05, 0) is 104 Å². The third-order valence-electron chi connectivity index (χ3n) is 7.61. The molecule has 0 unspecified atom stereocenters. The van der Waals surface area contributed by atoms with Crippen molar-refractivity contribution in [3.05, 3.63) is 131 Å². The highest BCUT2D eigenvalue weighted by Gasteiger charge is 2.42. The minimum Gasteiger partial charge on any atom is -0.506 e. The molecule has 6 rings (SSSR count). The molecule has 1 amide bonds. The molecule has 1 aliphatic heterocycles. The fourth-order valence-corrected chi connectivity index (χ4v) is 6.16. The highest BCUT2D eigenvalue weighted by atomic mass is 35.5. The van der Waals surface area contributed by atoms with Gasteiger partial charge in [-0.3, -0.25) is 9.78 Å². The first kappa shape index (κ1) is 29.2. The molecule has 3 heterocycles. The molecule has 10 heteroatoms. The quantitative estimate of drug-likeness (QED) is 0.160. The number of halogens is 1. The molecule has 0 saturated carbocycles. The number of thiocarbonyl (C=S) groups is 1. The SMILES string of the molecule is Cc1cc([C@@H]2[C@H](c3ccccn3)NC(=S)N2c2ccc(NC(=O)COc3ccccc3)cc2)c(C)n1-c1cc(Cl)ccc1O. The molecule has 3 aromatic carbocycles. The fraction of sp³-hybridized carbons (Fsp3) is 0.147. The smallest absolute Gasteiger partial charge is 0.262 e. The lowest BCUT2D eigenvalue weighted by molar-refractivity contribution is -0.118. The number of ether oxygens (including phenoxy) is 1. The van der Waals surface area contributed by atoms with Crippen LogP contribution in [0.3, 0.4) is 0 Å². The maximum Gasteiger partial charge on any atom is 0.262 e. The summed E-state index contributed by atoms with van der Waals surface area (Å²) >= 11 is 12.2. The Hall–Kier alpha value is -4.86. The summed E-state index contributed by atoms with van der Waals surface area (Å²) in [7, 11) is 0. The van der Waals surface area contributed by atoms with E-state index in [1.54, 1.807) is 36.5 Å². The number of rotatable bonds is 8. The molecular weight excluding hydrogens is 594 g/mol. The predicted molar refractivity (Wildman–Crippen MR) is 177 cm³/mol. The normalized spacial score (nSPS) is 16.1. The van der Waals surface area contributed by atoms with Gasteiger partial charge in [0.1, 0.15) is 11.5 Å². The van der Waals surface area contributed by atoms with E-state index in [2.05, 4.69) is 26.6 Å². The zero-order chi connectivity index (χ0) is 30.8. The highest BCUT2D eigenvalue weighted by Crippen LogP contribution is 2.44. The van der Waals surface area contributed by atoms with Gasteiger partial charge >= 0.3 is 0 Å². The van der Waals surface area contributed by atoms with E-state index in [4.69, 9.17) is 28.6 Å². The van der Waals surface area contributed by atoms with E-state index in [0.29, 0.717) is 27.3 Å². The number of nitrogens with zero attached hydrogens (tertiary/aromatic N) is 3. The van der Waals surface area contributed by atoms with Crippen LogP contribution in [0.15, 0.2) is 103 Å². The van der Waals surface area contributed by atoms with Gasteiger partial charge in [0.05, 0.1) is 23.5 Å². The summed E-state index contributed by atoms with van der Waals surface area (Å²) in [5, 5.41) is 18.2. The first-order chi connectivity index (χ1) is 21.3. The maximum atomic E-state index is 12.5. The Kier molecular flexibility index (Phi) is 8.23. The van der Waals surface area contributed by atoms with Crippen LogP contribution in [-0.2, 0) is 4.79 Å². The molecule has 1 fully saturated rings. The summed E-state index contributed by atoms with van der Waals surface area (Å²) in [4.78, 5) is 19.3. The lowest BCUT2D eigenvalue weighted by Crippen LogP contribution is -2.29. The van der Waals surface area contributed by atoms with E-state index in [0.717, 1.165) is 28.3 Å². The van der Waals surface area contributed by atoms with Gasteiger partial charge in [0.2, 0.25) is 0 Å². The van der Waals surface area contributed by atoms with Crippen molar-refractivity contribution >= 4 is 46.2 Å². The Labute approximate surface area is 265 Å². The molecule has 1 saturated heterocycles. The summed E-state index contributed by atoms with van der Waals surface area (Å²) in [6, 6.07) is 29.2. The number of nitrogens with one attached hydrogen (secondary N) is 2. The third-order valence-corrected chi connectivity index (χ3v) is 8.16. The van der Waals surface area contributed by atoms with Gasteiger partial charge < -0.3 is 29.9 Å². The van der Waals surface area contributed by atoms with Gasteiger partial charge in [-0.2, -0.15) is 0 Å². The number of anilines is 2. The molecule has 0 aliphatic carbocycles. The first-order valence-corrected chi connectivity index (χ1v) is 14.8. The Balaban J connectivity index is 1.32. The Morgan fingerprint density at radius 1 is 1.02 bits per heavy atom. The molecule has 0 spiro atoms. The minimum atomic E-state index is -0.265. The van der Waals surface area contributed by atoms with Gasteiger partial charge in [-0.1, -0.05) is 35.9 Å². The zero-order valence-electron chi connectivity index (χ0n) is 24.1. The van der Waals surface area contributed by atoms with Crippen molar-refractivity contribution in [2.75, 3.05) is 16.8 Å². The molecular formula is C34H30ClN5O3S. The number of carbonyl (C=O) groups is 1. The molecule has 2 aromatic heterocycles. The van der Waals surface area contributed by atoms with Crippen molar-refractivity contribution in [2.24, 2.45) is 0 Å². The van der Waals surface area contributed by atoms with Gasteiger partial charge in [0.15, 0.2) is 11.7 Å². The van der Waals surface area contributed by atoms with E-state index < -0.39 is 0 Å². The van der Waals surface area contributed by atoms with Crippen molar-refractivity contribution in [3.8, 4) is 17.2 Å². The van der Waals surface area contributed by atoms with Crippen molar-refractivity contribution in [1.29, 1.82) is 0 Å². The van der Waals surface area contributed by atoms with Crippen LogP contribution in [0.5, 0.6) is 11.5 Å². The number of carbonyl (C=O) groups excluding carboxylic acids is 1. The van der Waals surface area contributed by atoms with Crippen LogP contribution >= 0.6 is 23.8 Å². The van der Waals surface area contributed by atoms with Crippen LogP contribution in [0.1, 0.15) is 34.7 Å². The monoisotopic (exact) mass is 623 g/mol. The van der Waals surface area contributed by atoms with Crippen LogP contribution in [-0.4, -0.2) is 32.3 Å². The van der Waals surface area contributed by atoms with Crippen molar-refractivity contribution < 1.29 is 14.6 Å². The Morgan fingerprint density at radius 3 is 2.50 bits per heavy atom. The van der Waals surface area contributed by atoms with E-state index in [-0.39, 0.29) is 30.3 Å². The van der Waals surface area contributed by atoms with Crippen molar-refractivity contribution in [2.45, 2.75) is 25.9 Å². The fourth-order valence-electron chi connectivity index (χ4n) is 5.65. The molecule has 1 aliphatic rings. The molecule has 3 N–H and O–H groups in total. The third kappa shape index (κ3) is 5.84. The van der Waals surface area contributed by atoms with Crippen LogP contribution in [0.4, 0.5) is 11.4 Å². The van der Waals surface area contributed by atoms with Crippen molar-refractivity contribution in [1.82, 2.24) is 14.9 Å². The second kappa shape index (κ2) is 12.4. The first-order valence-electron chi connectivity index (χ1n) is 14.1. The number of para-hydroxylation sites is 1. The molecule has 0 radical (unpaired) electrons. The number of hydrogen-bond donors (Lipinski definition) is 3. The number of phenolic OH excluding ortho intramolecular Hbond substituents is 1. The Morgan fingerprint density at radius 2 is 1.77 bits per heavy atom. The second-order valence-electron chi connectivity index (χ2n) is 10.5. The van der Waals surface area contributed by atoms with E-state index in [1.807, 2.05) is 79.1 Å². The van der Waals surface area contributed by atoms with Crippen LogP contribution in [0.2, 0.25) is 5.02 Å². The van der Waals surface area contributed by atoms with E-state index in [9.17, 15) is 9.90 Å². The largest absolute Gasteiger partial charge is 0.506 e. The average Bonchev–Trinajstić information content (AvgIpc) is 3.53. The topological polar surface area (TPSA) is 91.7 Å². The van der Waals surface area contributed by atoms with Crippen LogP contribution < -0.4 is 20.3 Å². The van der Waals surface area contributed by atoms with Crippen molar-refractivity contribution in [3.63, 3.8) is 0 Å². The van der Waals surface area contributed by atoms with Crippen LogP contribution in [0, 0.1) is 13.8 Å². The van der Waals surface area contributed by atoms with Crippen LogP contribution in [0.25, 0.3) is 5.69 Å². The summed E-state index contributed by atoms with van der Waals surface area (Å²) < 4.78 is 7.57. The number of aryl methyl sites for hydroxylation is 1. The summed E-state index contributed by atoms with van der Waals surface area (Å²) in [6.07, 6.45) is 1.77. The minimum absolute atomic E-state index is 0.0997. The predicted octanol–water partition coefficient (Wildman–Crippen LogP) is 7.04. The Bertz CT molecular complexity index is 1810. The number of pyridine rings is 1. The number of amides is 1. The lowest BCUT2D eigenvalue weighted by Gasteiger charge is -2.28. The molecule has 44 heavy (non-hydrogen) atoms. The summed E-state index contributed by atoms with van der Waals surface area (Å²) in [5.41, 5.74) is 5.82. The number of hydrogen-bond acceptors (Lipinski definition) is 5. The second-order valence-corrected chi connectivity index (χ2v) is 11.3. The van der Waals surface area contributed by atoms with E-state index >= 15 is 0 Å². The summed E-state index contributed by atoms with van der Waals surface area (Å²) in [6.45, 7) is 3.92. The van der Waals surface area contributed by atoms with Gasteiger partial charge in [-0.15, -0.1) is 0 Å². The number of benzene rings is 3. The summed E-state index contributed by atoms with van der Waals surface area (Å²) in [5.74, 6) is 0.504. The molecule has 8 nitrogen and oxygen atoms in total. The molecule has 222 valence electrons. The molecule has 0 bridgehead atoms.